The fraction of sp³-hybridized carbons (Fsp3) is 0.900. The van der Waals surface area contributed by atoms with Crippen LogP contribution in [-0.2, 0) is 14.2 Å². The molecule has 9 heteroatoms. The molecule has 172 valence electrons. The molecule has 0 aromatic carbocycles. The second-order valence-electron chi connectivity index (χ2n) is 8.67. The summed E-state index contributed by atoms with van der Waals surface area (Å²) >= 11 is 0. The van der Waals surface area contributed by atoms with E-state index in [1.54, 1.807) is 0 Å². The third-order valence-corrected chi connectivity index (χ3v) is 3.95. The van der Waals surface area contributed by atoms with Gasteiger partial charge in [-0.1, -0.05) is 0 Å². The van der Waals surface area contributed by atoms with Crippen molar-refractivity contribution in [3.63, 3.8) is 0 Å². The first-order valence-corrected chi connectivity index (χ1v) is 10.3. The van der Waals surface area contributed by atoms with E-state index < -0.39 is 17.2 Å². The summed E-state index contributed by atoms with van der Waals surface area (Å²) in [5, 5.41) is 9.41. The van der Waals surface area contributed by atoms with Crippen LogP contribution in [0.25, 0.3) is 0 Å². The number of nitrogens with zero attached hydrogens (tertiary/aromatic N) is 1. The average molecular weight is 528 g/mol. The number of carbonyl (C=O) groups excluding carboxylic acids is 1. The van der Waals surface area contributed by atoms with E-state index in [0.717, 1.165) is 58.1 Å². The van der Waals surface area contributed by atoms with Crippen LogP contribution in [0.5, 0.6) is 0 Å². The summed E-state index contributed by atoms with van der Waals surface area (Å²) in [5.74, 6) is 0.729. The Morgan fingerprint density at radius 1 is 1.14 bits per heavy atom. The zero-order valence-electron chi connectivity index (χ0n) is 18.9. The Bertz CT molecular complexity index is 489. The van der Waals surface area contributed by atoms with Gasteiger partial charge in [0.25, 0.3) is 0 Å². The van der Waals surface area contributed by atoms with E-state index in [1.807, 2.05) is 41.5 Å². The monoisotopic (exact) mass is 528 g/mol. The minimum atomic E-state index is -0.521. The number of rotatable bonds is 9. The minimum absolute atomic E-state index is 0. The fourth-order valence-corrected chi connectivity index (χ4v) is 2.61. The molecular weight excluding hydrogens is 487 g/mol. The van der Waals surface area contributed by atoms with E-state index in [1.165, 1.54) is 0 Å². The fourth-order valence-electron chi connectivity index (χ4n) is 2.61. The molecule has 1 saturated heterocycles. The maximum Gasteiger partial charge on any atom is 0.408 e. The summed E-state index contributed by atoms with van der Waals surface area (Å²) in [6.45, 7) is 15.7. The summed E-state index contributed by atoms with van der Waals surface area (Å²) in [4.78, 5) is 16.6. The number of hydrogen-bond donors (Lipinski definition) is 3. The third-order valence-electron chi connectivity index (χ3n) is 3.95. The number of ether oxygens (including phenoxy) is 3. The molecule has 0 bridgehead atoms. The van der Waals surface area contributed by atoms with Gasteiger partial charge in [-0.2, -0.15) is 0 Å². The quantitative estimate of drug-likeness (QED) is 0.185. The lowest BCUT2D eigenvalue weighted by Crippen LogP contribution is -2.49. The van der Waals surface area contributed by atoms with Crippen molar-refractivity contribution in [2.24, 2.45) is 4.99 Å². The van der Waals surface area contributed by atoms with Gasteiger partial charge in [-0.05, 0) is 60.8 Å². The molecule has 0 unspecified atom stereocenters. The Balaban J connectivity index is 0.00000784. The van der Waals surface area contributed by atoms with Crippen LogP contribution < -0.4 is 16.0 Å². The Morgan fingerprint density at radius 2 is 1.79 bits per heavy atom. The van der Waals surface area contributed by atoms with E-state index in [-0.39, 0.29) is 24.0 Å². The van der Waals surface area contributed by atoms with Gasteiger partial charge in [0, 0.05) is 32.9 Å². The molecule has 1 aliphatic rings. The normalized spacial score (nSPS) is 16.0. The number of nitrogens with one attached hydrogen (secondary N) is 3. The lowest BCUT2D eigenvalue weighted by molar-refractivity contribution is -0.0320. The molecule has 0 saturated carbocycles. The SMILES string of the molecule is CCNC(=NCC(C)(C)NC(=O)OC(C)(C)C)NCCCOC1CCOCC1.I. The maximum absolute atomic E-state index is 12.0. The number of alkyl carbamates (subject to hydrolysis) is 1. The van der Waals surface area contributed by atoms with Crippen molar-refractivity contribution in [2.45, 2.75) is 78.0 Å². The van der Waals surface area contributed by atoms with Crippen LogP contribution in [0, 0.1) is 0 Å². The predicted molar refractivity (Wildman–Crippen MR) is 127 cm³/mol. The molecule has 0 spiro atoms. The number of aliphatic imine (C=N–C) groups is 1. The molecule has 29 heavy (non-hydrogen) atoms. The largest absolute Gasteiger partial charge is 0.444 e. The molecule has 1 fully saturated rings. The number of halogens is 1. The average Bonchev–Trinajstić information content (AvgIpc) is 2.58. The molecule has 3 N–H and O–H groups in total. The molecule has 1 rings (SSSR count). The molecule has 0 aromatic heterocycles. The number of guanidine groups is 1. The summed E-state index contributed by atoms with van der Waals surface area (Å²) < 4.78 is 16.5. The van der Waals surface area contributed by atoms with Gasteiger partial charge in [-0.25, -0.2) is 4.79 Å². The first kappa shape index (κ1) is 28.2. The lowest BCUT2D eigenvalue weighted by Gasteiger charge is -2.27. The first-order valence-electron chi connectivity index (χ1n) is 10.3. The van der Waals surface area contributed by atoms with Gasteiger partial charge in [-0.3, -0.25) is 4.99 Å². The Kier molecular flexibility index (Phi) is 13.8. The lowest BCUT2D eigenvalue weighted by atomic mass is 10.1. The van der Waals surface area contributed by atoms with Crippen molar-refractivity contribution in [2.75, 3.05) is 39.5 Å². The summed E-state index contributed by atoms with van der Waals surface area (Å²) in [7, 11) is 0. The van der Waals surface area contributed by atoms with Crippen molar-refractivity contribution in [1.29, 1.82) is 0 Å². The molecule has 0 aromatic rings. The van der Waals surface area contributed by atoms with Crippen LogP contribution in [0.1, 0.15) is 60.8 Å². The van der Waals surface area contributed by atoms with Gasteiger partial charge >= 0.3 is 6.09 Å². The molecule has 8 nitrogen and oxygen atoms in total. The molecule has 0 atom stereocenters. The Hall–Kier alpha value is -0.810. The number of carbonyl (C=O) groups is 1. The summed E-state index contributed by atoms with van der Waals surface area (Å²) in [6, 6.07) is 0. The highest BCUT2D eigenvalue weighted by Crippen LogP contribution is 2.11. The van der Waals surface area contributed by atoms with E-state index in [4.69, 9.17) is 14.2 Å². The van der Waals surface area contributed by atoms with Gasteiger partial charge in [0.1, 0.15) is 5.60 Å². The molecule has 0 aliphatic carbocycles. The van der Waals surface area contributed by atoms with Crippen molar-refractivity contribution < 1.29 is 19.0 Å². The first-order chi connectivity index (χ1) is 13.1. The minimum Gasteiger partial charge on any atom is -0.444 e. The number of hydrogen-bond acceptors (Lipinski definition) is 5. The van der Waals surface area contributed by atoms with Crippen molar-refractivity contribution in [3.8, 4) is 0 Å². The van der Waals surface area contributed by atoms with Gasteiger partial charge in [0.15, 0.2) is 5.96 Å². The topological polar surface area (TPSA) is 93.2 Å². The highest BCUT2D eigenvalue weighted by molar-refractivity contribution is 14.0. The number of amides is 1. The third kappa shape index (κ3) is 14.8. The Labute approximate surface area is 193 Å². The van der Waals surface area contributed by atoms with E-state index in [2.05, 4.69) is 20.9 Å². The second-order valence-corrected chi connectivity index (χ2v) is 8.67. The summed E-state index contributed by atoms with van der Waals surface area (Å²) in [5.41, 5.74) is -1.04. The van der Waals surface area contributed by atoms with Crippen LogP contribution in [-0.4, -0.2) is 68.8 Å². The highest BCUT2D eigenvalue weighted by atomic mass is 127. The maximum atomic E-state index is 12.0. The van der Waals surface area contributed by atoms with Crippen LogP contribution in [0.2, 0.25) is 0 Å². The van der Waals surface area contributed by atoms with Crippen molar-refractivity contribution in [3.05, 3.63) is 0 Å². The smallest absolute Gasteiger partial charge is 0.408 e. The van der Waals surface area contributed by atoms with E-state index in [9.17, 15) is 4.79 Å². The standard InChI is InChI=1S/C20H40N4O4.HI/c1-7-21-17(22-11-8-12-27-16-9-13-26-14-10-16)23-15-20(5,6)24-18(25)28-19(2,3)4;/h16H,7-15H2,1-6H3,(H,24,25)(H2,21,22,23);1H. The van der Waals surface area contributed by atoms with Crippen LogP contribution in [0.3, 0.4) is 0 Å². The molecule has 1 amide bonds. The van der Waals surface area contributed by atoms with Crippen molar-refractivity contribution >= 4 is 36.0 Å². The van der Waals surface area contributed by atoms with E-state index >= 15 is 0 Å². The van der Waals surface area contributed by atoms with Gasteiger partial charge < -0.3 is 30.2 Å². The molecule has 1 heterocycles. The Morgan fingerprint density at radius 3 is 2.38 bits per heavy atom. The molecular formula is C20H41IN4O4. The predicted octanol–water partition coefficient (Wildman–Crippen LogP) is 3.05. The second kappa shape index (κ2) is 14.2. The molecule has 0 radical (unpaired) electrons. The summed E-state index contributed by atoms with van der Waals surface area (Å²) in [6.07, 6.45) is 2.77. The van der Waals surface area contributed by atoms with Crippen LogP contribution in [0.15, 0.2) is 4.99 Å². The van der Waals surface area contributed by atoms with Crippen molar-refractivity contribution in [1.82, 2.24) is 16.0 Å². The van der Waals surface area contributed by atoms with E-state index in [0.29, 0.717) is 12.6 Å². The van der Waals surface area contributed by atoms with Crippen LogP contribution in [0.4, 0.5) is 4.79 Å². The van der Waals surface area contributed by atoms with Gasteiger partial charge in [-0.15, -0.1) is 24.0 Å². The van der Waals surface area contributed by atoms with Crippen LogP contribution >= 0.6 is 24.0 Å². The van der Waals surface area contributed by atoms with Gasteiger partial charge in [0.05, 0.1) is 18.2 Å². The van der Waals surface area contributed by atoms with Gasteiger partial charge in [0.2, 0.25) is 0 Å². The highest BCUT2D eigenvalue weighted by Gasteiger charge is 2.24. The zero-order valence-corrected chi connectivity index (χ0v) is 21.3. The molecule has 1 aliphatic heterocycles. The zero-order chi connectivity index (χ0) is 21.0.